The first-order valence-electron chi connectivity index (χ1n) is 10.3. The second-order valence-electron chi connectivity index (χ2n) is 8.61. The second-order valence-corrected chi connectivity index (χ2v) is 8.61. The molecular formula is C24H29N3. The van der Waals surface area contributed by atoms with Crippen molar-refractivity contribution in [3.05, 3.63) is 64.6 Å². The largest absolute Gasteiger partial charge is 0.343 e. The maximum Gasteiger partial charge on any atom is 0.0486 e. The zero-order valence-corrected chi connectivity index (χ0v) is 16.7. The summed E-state index contributed by atoms with van der Waals surface area (Å²) in [5.41, 5.74) is 8.43. The predicted octanol–water partition coefficient (Wildman–Crippen LogP) is 4.98. The van der Waals surface area contributed by atoms with Gasteiger partial charge in [-0.25, -0.2) is 0 Å². The summed E-state index contributed by atoms with van der Waals surface area (Å²) in [5, 5.41) is 1.51. The normalized spacial score (nSPS) is 22.2. The van der Waals surface area contributed by atoms with Crippen molar-refractivity contribution >= 4 is 10.9 Å². The maximum atomic E-state index is 4.48. The number of likely N-dealkylation sites (N-methyl/N-ethyl adjacent to an activating group) is 1. The van der Waals surface area contributed by atoms with E-state index in [9.17, 15) is 0 Å². The molecule has 0 N–H and O–H groups in total. The van der Waals surface area contributed by atoms with Crippen molar-refractivity contribution in [1.82, 2.24) is 14.5 Å². The standard InChI is InChI=1S/C24H29N3/c1-16-7-10-22-20(13-16)24-19-5-4-6-21(19)26(3)15-23(24)27(22)12-11-18-9-8-17(2)25-14-18/h7-10,13-14,19,21H,4-6,11-12,15H2,1-3H3. The number of benzene rings is 1. The van der Waals surface area contributed by atoms with Gasteiger partial charge in [0.2, 0.25) is 0 Å². The van der Waals surface area contributed by atoms with E-state index in [-0.39, 0.29) is 0 Å². The fraction of sp³-hybridized carbons (Fsp3) is 0.458. The number of nitrogens with zero attached hydrogens (tertiary/aromatic N) is 3. The van der Waals surface area contributed by atoms with Crippen molar-refractivity contribution in [3.8, 4) is 0 Å². The van der Waals surface area contributed by atoms with Gasteiger partial charge in [0.15, 0.2) is 0 Å². The third kappa shape index (κ3) is 2.80. The zero-order valence-electron chi connectivity index (χ0n) is 16.7. The number of hydrogen-bond acceptors (Lipinski definition) is 2. The highest BCUT2D eigenvalue weighted by Gasteiger charge is 2.39. The first-order chi connectivity index (χ1) is 13.1. The molecule has 2 aliphatic rings. The van der Waals surface area contributed by atoms with Gasteiger partial charge in [0, 0.05) is 53.5 Å². The molecule has 0 amide bonds. The van der Waals surface area contributed by atoms with Gasteiger partial charge in [-0.3, -0.25) is 9.88 Å². The molecule has 2 atom stereocenters. The number of aromatic nitrogens is 2. The molecule has 0 bridgehead atoms. The van der Waals surface area contributed by atoms with Crippen LogP contribution in [-0.2, 0) is 19.5 Å². The van der Waals surface area contributed by atoms with Gasteiger partial charge < -0.3 is 4.57 Å². The Kier molecular flexibility index (Phi) is 4.08. The molecule has 1 fully saturated rings. The van der Waals surface area contributed by atoms with Gasteiger partial charge in [-0.2, -0.15) is 0 Å². The lowest BCUT2D eigenvalue weighted by atomic mass is 9.87. The van der Waals surface area contributed by atoms with Crippen LogP contribution in [0.1, 0.15) is 53.3 Å². The minimum atomic E-state index is 0.713. The Hall–Kier alpha value is -2.13. The van der Waals surface area contributed by atoms with Gasteiger partial charge in [0.1, 0.15) is 0 Å². The van der Waals surface area contributed by atoms with Crippen molar-refractivity contribution in [3.63, 3.8) is 0 Å². The molecule has 2 unspecified atom stereocenters. The van der Waals surface area contributed by atoms with Crippen LogP contribution >= 0.6 is 0 Å². The van der Waals surface area contributed by atoms with Crippen molar-refractivity contribution < 1.29 is 0 Å². The van der Waals surface area contributed by atoms with Crippen LogP contribution in [0.15, 0.2) is 36.5 Å². The molecule has 0 radical (unpaired) electrons. The van der Waals surface area contributed by atoms with Gasteiger partial charge >= 0.3 is 0 Å². The minimum absolute atomic E-state index is 0.713. The quantitative estimate of drug-likeness (QED) is 0.658. The average Bonchev–Trinajstić information content (AvgIpc) is 3.24. The molecule has 2 aromatic heterocycles. The van der Waals surface area contributed by atoms with Gasteiger partial charge in [0.25, 0.3) is 0 Å². The molecule has 27 heavy (non-hydrogen) atoms. The molecular weight excluding hydrogens is 330 g/mol. The van der Waals surface area contributed by atoms with Crippen LogP contribution in [0.3, 0.4) is 0 Å². The number of fused-ring (bicyclic) bond motifs is 5. The SMILES string of the molecule is Cc1ccc2c(c1)c1c(n2CCc2ccc(C)nc2)CN(C)C2CCCC12. The highest BCUT2D eigenvalue weighted by molar-refractivity contribution is 5.87. The summed E-state index contributed by atoms with van der Waals surface area (Å²) in [7, 11) is 2.32. The fourth-order valence-corrected chi connectivity index (χ4v) is 5.43. The smallest absolute Gasteiger partial charge is 0.0486 e. The second kappa shape index (κ2) is 6.49. The van der Waals surface area contributed by atoms with Crippen LogP contribution in [0.5, 0.6) is 0 Å². The summed E-state index contributed by atoms with van der Waals surface area (Å²) in [4.78, 5) is 7.09. The van der Waals surface area contributed by atoms with E-state index < -0.39 is 0 Å². The Morgan fingerprint density at radius 2 is 2.00 bits per heavy atom. The van der Waals surface area contributed by atoms with E-state index >= 15 is 0 Å². The molecule has 1 aliphatic carbocycles. The van der Waals surface area contributed by atoms with Crippen LogP contribution in [0, 0.1) is 13.8 Å². The van der Waals surface area contributed by atoms with Gasteiger partial charge in [0.05, 0.1) is 0 Å². The van der Waals surface area contributed by atoms with Gasteiger partial charge in [-0.15, -0.1) is 0 Å². The van der Waals surface area contributed by atoms with Crippen LogP contribution in [0.4, 0.5) is 0 Å². The molecule has 1 saturated carbocycles. The lowest BCUT2D eigenvalue weighted by Crippen LogP contribution is -2.38. The molecule has 1 aliphatic heterocycles. The number of pyridine rings is 1. The van der Waals surface area contributed by atoms with Crippen molar-refractivity contribution in [1.29, 1.82) is 0 Å². The van der Waals surface area contributed by atoms with Crippen LogP contribution in [0.25, 0.3) is 10.9 Å². The van der Waals surface area contributed by atoms with E-state index in [0.717, 1.165) is 31.2 Å². The molecule has 3 heteroatoms. The monoisotopic (exact) mass is 359 g/mol. The molecule has 5 rings (SSSR count). The molecule has 3 aromatic rings. The van der Waals surface area contributed by atoms with Crippen LogP contribution in [0.2, 0.25) is 0 Å². The highest BCUT2D eigenvalue weighted by Crippen LogP contribution is 2.47. The average molecular weight is 360 g/mol. The third-order valence-electron chi connectivity index (χ3n) is 6.78. The van der Waals surface area contributed by atoms with Gasteiger partial charge in [-0.1, -0.05) is 24.1 Å². The first kappa shape index (κ1) is 17.0. The molecule has 3 nitrogen and oxygen atoms in total. The summed E-state index contributed by atoms with van der Waals surface area (Å²) in [5.74, 6) is 0.713. The number of aryl methyl sites for hydroxylation is 4. The van der Waals surface area contributed by atoms with Crippen molar-refractivity contribution in [2.24, 2.45) is 0 Å². The Morgan fingerprint density at radius 1 is 1.11 bits per heavy atom. The lowest BCUT2D eigenvalue weighted by Gasteiger charge is -2.36. The van der Waals surface area contributed by atoms with E-state index in [0.29, 0.717) is 5.92 Å². The molecule has 140 valence electrons. The molecule has 1 aromatic carbocycles. The van der Waals surface area contributed by atoms with Crippen molar-refractivity contribution in [2.45, 2.75) is 64.6 Å². The lowest BCUT2D eigenvalue weighted by molar-refractivity contribution is 0.196. The Labute approximate surface area is 162 Å². The van der Waals surface area contributed by atoms with E-state index in [1.165, 1.54) is 41.3 Å². The highest BCUT2D eigenvalue weighted by atomic mass is 15.2. The maximum absolute atomic E-state index is 4.48. The van der Waals surface area contributed by atoms with Gasteiger partial charge in [-0.05, 0) is 69.5 Å². The van der Waals surface area contributed by atoms with Crippen LogP contribution < -0.4 is 0 Å². The summed E-state index contributed by atoms with van der Waals surface area (Å²) in [6.07, 6.45) is 7.14. The summed E-state index contributed by atoms with van der Waals surface area (Å²) in [6.45, 7) is 6.39. The van der Waals surface area contributed by atoms with E-state index in [4.69, 9.17) is 0 Å². The summed E-state index contributed by atoms with van der Waals surface area (Å²) in [6, 6.07) is 12.1. The molecule has 0 saturated heterocycles. The van der Waals surface area contributed by atoms with Crippen molar-refractivity contribution in [2.75, 3.05) is 7.05 Å². The Morgan fingerprint density at radius 3 is 2.81 bits per heavy atom. The topological polar surface area (TPSA) is 21.1 Å². The minimum Gasteiger partial charge on any atom is -0.343 e. The number of rotatable bonds is 3. The fourth-order valence-electron chi connectivity index (χ4n) is 5.43. The Bertz CT molecular complexity index is 983. The Balaban J connectivity index is 1.59. The molecule has 3 heterocycles. The zero-order chi connectivity index (χ0) is 18.5. The predicted molar refractivity (Wildman–Crippen MR) is 111 cm³/mol. The van der Waals surface area contributed by atoms with E-state index in [2.05, 4.69) is 65.7 Å². The van der Waals surface area contributed by atoms with E-state index in [1.54, 1.807) is 11.3 Å². The first-order valence-corrected chi connectivity index (χ1v) is 10.3. The van der Waals surface area contributed by atoms with Crippen LogP contribution in [-0.4, -0.2) is 27.5 Å². The molecule has 0 spiro atoms. The van der Waals surface area contributed by atoms with E-state index in [1.807, 2.05) is 6.20 Å². The third-order valence-corrected chi connectivity index (χ3v) is 6.78. The summed E-state index contributed by atoms with van der Waals surface area (Å²) >= 11 is 0. The summed E-state index contributed by atoms with van der Waals surface area (Å²) < 4.78 is 2.61. The number of hydrogen-bond donors (Lipinski definition) is 0.